The first kappa shape index (κ1) is 15.5. The maximum Gasteiger partial charge on any atom is 0.261 e. The van der Waals surface area contributed by atoms with Gasteiger partial charge in [0, 0.05) is 18.1 Å². The van der Waals surface area contributed by atoms with E-state index in [1.54, 1.807) is 6.20 Å². The van der Waals surface area contributed by atoms with Crippen LogP contribution in [0.15, 0.2) is 48.0 Å². The Balaban J connectivity index is 1.47. The van der Waals surface area contributed by atoms with Gasteiger partial charge in [0.25, 0.3) is 5.91 Å². The number of hydrogen-bond donors (Lipinski definition) is 1. The third-order valence-electron chi connectivity index (χ3n) is 3.41. The number of amides is 1. The molecule has 5 heteroatoms. The molecule has 0 radical (unpaired) electrons. The highest BCUT2D eigenvalue weighted by Crippen LogP contribution is 2.22. The summed E-state index contributed by atoms with van der Waals surface area (Å²) in [6.45, 7) is 3.12. The lowest BCUT2D eigenvalue weighted by Gasteiger charge is -2.09. The number of aryl methyl sites for hydroxylation is 1. The topological polar surface area (TPSA) is 51.2 Å². The van der Waals surface area contributed by atoms with Crippen LogP contribution in [-0.4, -0.2) is 24.0 Å². The first-order valence-electron chi connectivity index (χ1n) is 7.54. The fourth-order valence-corrected chi connectivity index (χ4v) is 3.10. The number of carbonyl (C=O) groups is 1. The molecule has 0 saturated heterocycles. The van der Waals surface area contributed by atoms with Gasteiger partial charge in [-0.05, 0) is 42.5 Å². The van der Waals surface area contributed by atoms with Gasteiger partial charge in [0.2, 0.25) is 0 Å². The Kier molecular flexibility index (Phi) is 4.88. The maximum atomic E-state index is 11.9. The van der Waals surface area contributed by atoms with Crippen LogP contribution in [-0.2, 0) is 0 Å². The molecule has 1 aromatic carbocycles. The Hall–Kier alpha value is -2.40. The number of rotatable bonds is 6. The number of carbonyl (C=O) groups excluding carboxylic acids is 1. The van der Waals surface area contributed by atoms with Gasteiger partial charge in [-0.2, -0.15) is 0 Å². The lowest BCUT2D eigenvalue weighted by Crippen LogP contribution is -2.24. The zero-order valence-electron chi connectivity index (χ0n) is 12.9. The third-order valence-corrected chi connectivity index (χ3v) is 4.46. The van der Waals surface area contributed by atoms with Crippen molar-refractivity contribution in [2.24, 2.45) is 0 Å². The van der Waals surface area contributed by atoms with Crippen molar-refractivity contribution in [3.05, 3.63) is 58.4 Å². The summed E-state index contributed by atoms with van der Waals surface area (Å²) in [4.78, 5) is 17.0. The number of pyridine rings is 1. The highest BCUT2D eigenvalue weighted by Gasteiger charge is 2.07. The van der Waals surface area contributed by atoms with Crippen LogP contribution in [0.25, 0.3) is 10.9 Å². The number of ether oxygens (including phenoxy) is 1. The summed E-state index contributed by atoms with van der Waals surface area (Å²) in [7, 11) is 0. The van der Waals surface area contributed by atoms with E-state index in [9.17, 15) is 4.79 Å². The van der Waals surface area contributed by atoms with E-state index in [2.05, 4.69) is 10.3 Å². The molecule has 2 aromatic heterocycles. The minimum Gasteiger partial charge on any atom is -0.491 e. The van der Waals surface area contributed by atoms with Crippen molar-refractivity contribution >= 4 is 28.1 Å². The predicted molar refractivity (Wildman–Crippen MR) is 93.2 cm³/mol. The summed E-state index contributed by atoms with van der Waals surface area (Å²) in [5, 5.41) is 5.95. The first-order valence-corrected chi connectivity index (χ1v) is 8.42. The van der Waals surface area contributed by atoms with Crippen molar-refractivity contribution in [3.8, 4) is 5.75 Å². The molecule has 23 heavy (non-hydrogen) atoms. The molecule has 118 valence electrons. The fraction of sp³-hybridized carbons (Fsp3) is 0.222. The van der Waals surface area contributed by atoms with Crippen molar-refractivity contribution in [1.82, 2.24) is 10.3 Å². The van der Waals surface area contributed by atoms with E-state index in [4.69, 9.17) is 4.74 Å². The average molecular weight is 326 g/mol. The Labute approximate surface area is 139 Å². The standard InChI is InChI=1S/C18H18N2O2S/c1-13-11-16(23-12-13)18(21)20-9-4-10-22-15-7-2-5-14-6-3-8-19-17(14)15/h2-3,5-8,11-12H,4,9-10H2,1H3,(H,20,21). The van der Waals surface area contributed by atoms with Gasteiger partial charge in [-0.15, -0.1) is 11.3 Å². The molecule has 0 bridgehead atoms. The number of nitrogens with one attached hydrogen (secondary N) is 1. The van der Waals surface area contributed by atoms with E-state index in [0.29, 0.717) is 13.2 Å². The molecule has 1 amide bonds. The van der Waals surface area contributed by atoms with Crippen LogP contribution in [0.3, 0.4) is 0 Å². The maximum absolute atomic E-state index is 11.9. The Morgan fingerprint density at radius 3 is 3.00 bits per heavy atom. The number of hydrogen-bond acceptors (Lipinski definition) is 4. The van der Waals surface area contributed by atoms with Crippen molar-refractivity contribution in [3.63, 3.8) is 0 Å². The zero-order chi connectivity index (χ0) is 16.1. The monoisotopic (exact) mass is 326 g/mol. The molecule has 0 aliphatic heterocycles. The van der Waals surface area contributed by atoms with Gasteiger partial charge in [-0.3, -0.25) is 9.78 Å². The van der Waals surface area contributed by atoms with E-state index in [1.165, 1.54) is 11.3 Å². The highest BCUT2D eigenvalue weighted by atomic mass is 32.1. The molecule has 0 fully saturated rings. The van der Waals surface area contributed by atoms with E-state index in [0.717, 1.165) is 33.5 Å². The van der Waals surface area contributed by atoms with Gasteiger partial charge in [-0.1, -0.05) is 18.2 Å². The van der Waals surface area contributed by atoms with Crippen LogP contribution in [0, 0.1) is 6.92 Å². The van der Waals surface area contributed by atoms with Crippen molar-refractivity contribution < 1.29 is 9.53 Å². The molecule has 2 heterocycles. The van der Waals surface area contributed by atoms with E-state index in [-0.39, 0.29) is 5.91 Å². The number of benzene rings is 1. The molecule has 0 aliphatic carbocycles. The van der Waals surface area contributed by atoms with Crippen LogP contribution in [0.5, 0.6) is 5.75 Å². The quantitative estimate of drug-likeness (QED) is 0.701. The fourth-order valence-electron chi connectivity index (χ4n) is 2.29. The van der Waals surface area contributed by atoms with E-state index >= 15 is 0 Å². The number of fused-ring (bicyclic) bond motifs is 1. The summed E-state index contributed by atoms with van der Waals surface area (Å²) in [5.74, 6) is 0.762. The van der Waals surface area contributed by atoms with Crippen LogP contribution in [0.1, 0.15) is 21.7 Å². The lowest BCUT2D eigenvalue weighted by molar-refractivity contribution is 0.0955. The number of nitrogens with zero attached hydrogens (tertiary/aromatic N) is 1. The normalized spacial score (nSPS) is 10.7. The molecule has 0 atom stereocenters. The molecular weight excluding hydrogens is 308 g/mol. The summed E-state index contributed by atoms with van der Waals surface area (Å²) >= 11 is 1.47. The number of aromatic nitrogens is 1. The summed E-state index contributed by atoms with van der Waals surface area (Å²) < 4.78 is 5.80. The van der Waals surface area contributed by atoms with Gasteiger partial charge in [0.15, 0.2) is 0 Å². The minimum atomic E-state index is -0.0186. The van der Waals surface area contributed by atoms with E-state index < -0.39 is 0 Å². The second kappa shape index (κ2) is 7.24. The SMILES string of the molecule is Cc1csc(C(=O)NCCCOc2cccc3cccnc23)c1. The van der Waals surface area contributed by atoms with Crippen molar-refractivity contribution in [2.45, 2.75) is 13.3 Å². The van der Waals surface area contributed by atoms with Crippen LogP contribution >= 0.6 is 11.3 Å². The third kappa shape index (κ3) is 3.87. The predicted octanol–water partition coefficient (Wildman–Crippen LogP) is 3.80. The molecule has 3 rings (SSSR count). The Morgan fingerprint density at radius 1 is 1.30 bits per heavy atom. The number of para-hydroxylation sites is 1. The second-order valence-corrected chi connectivity index (χ2v) is 6.19. The largest absolute Gasteiger partial charge is 0.491 e. The molecule has 0 aliphatic rings. The van der Waals surface area contributed by atoms with Gasteiger partial charge >= 0.3 is 0 Å². The molecule has 4 nitrogen and oxygen atoms in total. The summed E-state index contributed by atoms with van der Waals surface area (Å²) in [6.07, 6.45) is 2.51. The van der Waals surface area contributed by atoms with Gasteiger partial charge in [-0.25, -0.2) is 0 Å². The molecule has 0 spiro atoms. The minimum absolute atomic E-state index is 0.0186. The van der Waals surface area contributed by atoms with Gasteiger partial charge in [0.1, 0.15) is 11.3 Å². The van der Waals surface area contributed by atoms with E-state index in [1.807, 2.05) is 48.7 Å². The highest BCUT2D eigenvalue weighted by molar-refractivity contribution is 7.12. The van der Waals surface area contributed by atoms with Crippen LogP contribution in [0.4, 0.5) is 0 Å². The van der Waals surface area contributed by atoms with Gasteiger partial charge in [0.05, 0.1) is 11.5 Å². The molecule has 3 aromatic rings. The molecular formula is C18H18N2O2S. The van der Waals surface area contributed by atoms with Crippen molar-refractivity contribution in [1.29, 1.82) is 0 Å². The van der Waals surface area contributed by atoms with Crippen molar-refractivity contribution in [2.75, 3.05) is 13.2 Å². The molecule has 0 saturated carbocycles. The van der Waals surface area contributed by atoms with Gasteiger partial charge < -0.3 is 10.1 Å². The Bertz CT molecular complexity index is 808. The smallest absolute Gasteiger partial charge is 0.261 e. The first-order chi connectivity index (χ1) is 11.2. The lowest BCUT2D eigenvalue weighted by atomic mass is 10.2. The summed E-state index contributed by atoms with van der Waals surface area (Å²) in [6, 6.07) is 11.7. The van der Waals surface area contributed by atoms with Crippen LogP contribution < -0.4 is 10.1 Å². The summed E-state index contributed by atoms with van der Waals surface area (Å²) in [5.41, 5.74) is 1.99. The average Bonchev–Trinajstić information content (AvgIpc) is 3.01. The molecule has 0 unspecified atom stereocenters. The molecule has 1 N–H and O–H groups in total. The zero-order valence-corrected chi connectivity index (χ0v) is 13.7. The number of thiophene rings is 1. The second-order valence-electron chi connectivity index (χ2n) is 5.28. The van der Waals surface area contributed by atoms with Crippen LogP contribution in [0.2, 0.25) is 0 Å². The Morgan fingerprint density at radius 2 is 2.17 bits per heavy atom.